The van der Waals surface area contributed by atoms with Gasteiger partial charge in [-0.1, -0.05) is 43.3 Å². The number of allylic oxidation sites excluding steroid dienone is 3. The number of hydrazine groups is 2. The van der Waals surface area contributed by atoms with Crippen molar-refractivity contribution in [2.24, 2.45) is 0 Å². The second-order valence-corrected chi connectivity index (χ2v) is 6.34. The number of nitrogens with one attached hydrogen (secondary N) is 2. The van der Waals surface area contributed by atoms with Crippen molar-refractivity contribution in [1.82, 2.24) is 11.0 Å². The number of phenols is 1. The molecule has 1 fully saturated rings. The number of benzene rings is 2. The van der Waals surface area contributed by atoms with Crippen LogP contribution in [-0.2, 0) is 4.79 Å². The highest BCUT2D eigenvalue weighted by Crippen LogP contribution is 2.34. The van der Waals surface area contributed by atoms with E-state index in [0.29, 0.717) is 5.56 Å². The van der Waals surface area contributed by atoms with Crippen LogP contribution in [0.3, 0.4) is 0 Å². The zero-order valence-electron chi connectivity index (χ0n) is 15.3. The maximum Gasteiger partial charge on any atom is 0.256 e. The lowest BCUT2D eigenvalue weighted by molar-refractivity contribution is -0.118. The Morgan fingerprint density at radius 3 is 2.74 bits per heavy atom. The molecular weight excluding hydrogens is 345 g/mol. The fourth-order valence-electron chi connectivity index (χ4n) is 2.89. The molecule has 0 bridgehead atoms. The Morgan fingerprint density at radius 2 is 2.11 bits per heavy atom. The molecule has 27 heavy (non-hydrogen) atoms. The zero-order chi connectivity index (χ0) is 19.4. The summed E-state index contributed by atoms with van der Waals surface area (Å²) in [6, 6.07) is 10.8. The molecule has 1 aliphatic heterocycles. The first-order chi connectivity index (χ1) is 13.0. The second-order valence-electron chi connectivity index (χ2n) is 6.34. The molecule has 1 heterocycles. The Bertz CT molecular complexity index is 898. The highest BCUT2D eigenvalue weighted by molar-refractivity contribution is 5.90. The van der Waals surface area contributed by atoms with Crippen molar-refractivity contribution in [1.29, 1.82) is 0 Å². The van der Waals surface area contributed by atoms with E-state index < -0.39 is 5.82 Å². The van der Waals surface area contributed by atoms with Gasteiger partial charge in [0.05, 0.1) is 0 Å². The Hall–Kier alpha value is -3.12. The number of carbonyl (C=O) groups is 1. The van der Waals surface area contributed by atoms with Gasteiger partial charge in [-0.15, -0.1) is 5.53 Å². The summed E-state index contributed by atoms with van der Waals surface area (Å²) in [5.41, 5.74) is 8.31. The van der Waals surface area contributed by atoms with Crippen LogP contribution in [0.2, 0.25) is 0 Å². The smallest absolute Gasteiger partial charge is 0.256 e. The molecule has 3 N–H and O–H groups in total. The molecule has 0 saturated carbocycles. The van der Waals surface area contributed by atoms with Crippen LogP contribution in [0.15, 0.2) is 48.6 Å². The van der Waals surface area contributed by atoms with Crippen molar-refractivity contribution in [3.63, 3.8) is 0 Å². The largest absolute Gasteiger partial charge is 0.506 e. The molecule has 1 aliphatic rings. The topological polar surface area (TPSA) is 64.6 Å². The molecule has 140 valence electrons. The van der Waals surface area contributed by atoms with Crippen LogP contribution in [-0.4, -0.2) is 17.6 Å². The molecule has 0 aliphatic carbocycles. The molecule has 0 radical (unpaired) electrons. The highest BCUT2D eigenvalue weighted by atomic mass is 19.1. The van der Waals surface area contributed by atoms with Crippen molar-refractivity contribution in [3.8, 4) is 5.75 Å². The number of anilines is 1. The van der Waals surface area contributed by atoms with Crippen LogP contribution in [0, 0.1) is 12.7 Å². The van der Waals surface area contributed by atoms with Gasteiger partial charge >= 0.3 is 0 Å². The second kappa shape index (κ2) is 8.05. The van der Waals surface area contributed by atoms with Crippen molar-refractivity contribution in [3.05, 3.63) is 71.1 Å². The number of amides is 1. The van der Waals surface area contributed by atoms with Crippen LogP contribution >= 0.6 is 0 Å². The number of nitrogens with zero attached hydrogens (tertiary/aromatic N) is 1. The highest BCUT2D eigenvalue weighted by Gasteiger charge is 2.25. The first kappa shape index (κ1) is 18.7. The quantitative estimate of drug-likeness (QED) is 0.557. The minimum atomic E-state index is -0.616. The van der Waals surface area contributed by atoms with Crippen LogP contribution in [0.4, 0.5) is 10.1 Å². The van der Waals surface area contributed by atoms with Gasteiger partial charge in [0, 0.05) is 0 Å². The first-order valence-corrected chi connectivity index (χ1v) is 8.78. The standard InChI is InChI=1S/C21H22FN3O2/c1-3-4-8-16(10-15-9-6-5-7-14(15)2)17-11-18(22)21(19(26)12-17)25-13-20(27)23-24-25/h4-12,24,26H,3,13H2,1-2H3,(H,23,27)/b8-4+,16-10+. The number of rotatable bonds is 5. The van der Waals surface area contributed by atoms with E-state index in [1.54, 1.807) is 0 Å². The van der Waals surface area contributed by atoms with E-state index in [-0.39, 0.29) is 23.9 Å². The van der Waals surface area contributed by atoms with Crippen LogP contribution in [0.1, 0.15) is 30.0 Å². The summed E-state index contributed by atoms with van der Waals surface area (Å²) in [7, 11) is 0. The summed E-state index contributed by atoms with van der Waals surface area (Å²) in [5, 5.41) is 11.6. The molecule has 5 nitrogen and oxygen atoms in total. The third-order valence-electron chi connectivity index (χ3n) is 4.31. The van der Waals surface area contributed by atoms with E-state index in [4.69, 9.17) is 0 Å². The number of hydrogen-bond donors (Lipinski definition) is 3. The van der Waals surface area contributed by atoms with E-state index in [9.17, 15) is 14.3 Å². The van der Waals surface area contributed by atoms with Gasteiger partial charge in [-0.2, -0.15) is 0 Å². The molecule has 0 unspecified atom stereocenters. The van der Waals surface area contributed by atoms with Gasteiger partial charge in [0.2, 0.25) is 0 Å². The third-order valence-corrected chi connectivity index (χ3v) is 4.31. The lowest BCUT2D eigenvalue weighted by Gasteiger charge is -2.19. The fourth-order valence-corrected chi connectivity index (χ4v) is 2.89. The van der Waals surface area contributed by atoms with Gasteiger partial charge in [-0.3, -0.25) is 15.2 Å². The predicted molar refractivity (Wildman–Crippen MR) is 105 cm³/mol. The van der Waals surface area contributed by atoms with Gasteiger partial charge < -0.3 is 5.11 Å². The van der Waals surface area contributed by atoms with Crippen molar-refractivity contribution >= 4 is 23.2 Å². The van der Waals surface area contributed by atoms with Gasteiger partial charge in [0.15, 0.2) is 5.82 Å². The van der Waals surface area contributed by atoms with E-state index >= 15 is 0 Å². The Kier molecular flexibility index (Phi) is 5.57. The Balaban J connectivity index is 2.04. The Labute approximate surface area is 157 Å². The summed E-state index contributed by atoms with van der Waals surface area (Å²) in [6.07, 6.45) is 6.70. The van der Waals surface area contributed by atoms with Gasteiger partial charge in [0.1, 0.15) is 18.0 Å². The van der Waals surface area contributed by atoms with Crippen LogP contribution in [0.25, 0.3) is 11.6 Å². The molecule has 1 saturated heterocycles. The van der Waals surface area contributed by atoms with Gasteiger partial charge in [-0.25, -0.2) is 4.39 Å². The lowest BCUT2D eigenvalue weighted by Crippen LogP contribution is -2.36. The number of carbonyl (C=O) groups excluding carboxylic acids is 1. The van der Waals surface area contributed by atoms with Crippen molar-refractivity contribution in [2.45, 2.75) is 20.3 Å². The summed E-state index contributed by atoms with van der Waals surface area (Å²) in [4.78, 5) is 11.3. The summed E-state index contributed by atoms with van der Waals surface area (Å²) in [5.74, 6) is -1.16. The molecule has 3 rings (SSSR count). The SMILES string of the molecule is CC/C=C/C(=C\c1ccccc1C)c1cc(O)c(N2CC(=O)NN2)c(F)c1. The summed E-state index contributed by atoms with van der Waals surface area (Å²) >= 11 is 0. The Morgan fingerprint density at radius 1 is 1.33 bits per heavy atom. The van der Waals surface area contributed by atoms with Crippen molar-refractivity contribution in [2.75, 3.05) is 11.6 Å². The molecule has 0 atom stereocenters. The van der Waals surface area contributed by atoms with Crippen LogP contribution in [0.5, 0.6) is 5.75 Å². The van der Waals surface area contributed by atoms with Crippen LogP contribution < -0.4 is 16.0 Å². The predicted octanol–water partition coefficient (Wildman–Crippen LogP) is 3.70. The maximum atomic E-state index is 14.8. The molecule has 0 spiro atoms. The van der Waals surface area contributed by atoms with Gasteiger partial charge in [0.25, 0.3) is 5.91 Å². The molecular formula is C21H22FN3O2. The molecule has 2 aromatic rings. The zero-order valence-corrected chi connectivity index (χ0v) is 15.3. The molecule has 0 aromatic heterocycles. The number of halogens is 1. The normalized spacial score (nSPS) is 14.9. The molecule has 2 aromatic carbocycles. The first-order valence-electron chi connectivity index (χ1n) is 8.78. The third kappa shape index (κ3) is 4.17. The number of aromatic hydroxyl groups is 1. The van der Waals surface area contributed by atoms with E-state index in [1.807, 2.05) is 56.3 Å². The molecule has 1 amide bonds. The minimum absolute atomic E-state index is 0.0631. The summed E-state index contributed by atoms with van der Waals surface area (Å²) < 4.78 is 14.8. The molecule has 6 heteroatoms. The monoisotopic (exact) mass is 367 g/mol. The fraction of sp³-hybridized carbons (Fsp3) is 0.190. The van der Waals surface area contributed by atoms with E-state index in [1.165, 1.54) is 17.1 Å². The van der Waals surface area contributed by atoms with E-state index in [2.05, 4.69) is 11.0 Å². The van der Waals surface area contributed by atoms with Gasteiger partial charge in [-0.05, 0) is 53.8 Å². The number of aryl methyl sites for hydroxylation is 1. The average molecular weight is 367 g/mol. The number of phenolic OH excluding ortho intramolecular Hbond substituents is 1. The average Bonchev–Trinajstić information content (AvgIpc) is 3.05. The number of hydrogen-bond acceptors (Lipinski definition) is 4. The lowest BCUT2D eigenvalue weighted by atomic mass is 9.99. The minimum Gasteiger partial charge on any atom is -0.506 e. The van der Waals surface area contributed by atoms with E-state index in [0.717, 1.165) is 23.1 Å². The maximum absolute atomic E-state index is 14.8. The summed E-state index contributed by atoms with van der Waals surface area (Å²) in [6.45, 7) is 3.95. The van der Waals surface area contributed by atoms with Crippen molar-refractivity contribution < 1.29 is 14.3 Å².